The van der Waals surface area contributed by atoms with Crippen molar-refractivity contribution in [3.05, 3.63) is 70.8 Å². The van der Waals surface area contributed by atoms with Crippen molar-refractivity contribution in [1.82, 2.24) is 9.55 Å². The zero-order chi connectivity index (χ0) is 13.2. The first-order chi connectivity index (χ1) is 9.24. The van der Waals surface area contributed by atoms with Crippen LogP contribution in [0.15, 0.2) is 59.7 Å². The maximum Gasteiger partial charge on any atom is 0.273 e. The van der Waals surface area contributed by atoms with Gasteiger partial charge < -0.3 is 10.3 Å². The number of nitrogen functional groups attached to an aromatic ring is 1. The van der Waals surface area contributed by atoms with E-state index in [1.807, 2.05) is 30.3 Å². The molecular formula is C15H13N3O. The molecule has 0 aliphatic carbocycles. The molecule has 0 saturated carbocycles. The molecule has 0 aliphatic heterocycles. The van der Waals surface area contributed by atoms with Crippen molar-refractivity contribution < 1.29 is 0 Å². The summed E-state index contributed by atoms with van der Waals surface area (Å²) in [5.41, 5.74) is 7.73. The summed E-state index contributed by atoms with van der Waals surface area (Å²) in [5, 5.41) is 1.07. The lowest BCUT2D eigenvalue weighted by atomic mass is 10.1. The highest BCUT2D eigenvalue weighted by Crippen LogP contribution is 2.13. The maximum absolute atomic E-state index is 11.9. The summed E-state index contributed by atoms with van der Waals surface area (Å²) in [6.45, 7) is 0.509. The summed E-state index contributed by atoms with van der Waals surface area (Å²) >= 11 is 0. The SMILES string of the molecule is Nc1cccn(Cc2ccc3ncccc3c2)c1=O. The summed E-state index contributed by atoms with van der Waals surface area (Å²) in [7, 11) is 0. The van der Waals surface area contributed by atoms with E-state index in [9.17, 15) is 4.79 Å². The molecule has 2 aromatic heterocycles. The van der Waals surface area contributed by atoms with E-state index < -0.39 is 0 Å². The maximum atomic E-state index is 11.9. The van der Waals surface area contributed by atoms with E-state index in [1.165, 1.54) is 0 Å². The van der Waals surface area contributed by atoms with Gasteiger partial charge in [-0.3, -0.25) is 9.78 Å². The van der Waals surface area contributed by atoms with Crippen LogP contribution in [0.3, 0.4) is 0 Å². The number of rotatable bonds is 2. The number of nitrogens with zero attached hydrogens (tertiary/aromatic N) is 2. The Morgan fingerprint density at radius 1 is 1.16 bits per heavy atom. The standard InChI is InChI=1S/C15H13N3O/c16-13-4-2-8-18(15(13)19)10-11-5-6-14-12(9-11)3-1-7-17-14/h1-9H,10,16H2. The average Bonchev–Trinajstić information content (AvgIpc) is 2.44. The molecule has 1 aromatic carbocycles. The third-order valence-corrected chi connectivity index (χ3v) is 3.07. The van der Waals surface area contributed by atoms with Gasteiger partial charge in [-0.05, 0) is 35.9 Å². The number of hydrogen-bond acceptors (Lipinski definition) is 3. The highest BCUT2D eigenvalue weighted by atomic mass is 16.1. The molecule has 19 heavy (non-hydrogen) atoms. The summed E-state index contributed by atoms with van der Waals surface area (Å²) in [4.78, 5) is 16.1. The summed E-state index contributed by atoms with van der Waals surface area (Å²) in [5.74, 6) is 0. The Bertz CT molecular complexity index is 792. The predicted molar refractivity (Wildman–Crippen MR) is 76.0 cm³/mol. The Morgan fingerprint density at radius 3 is 2.95 bits per heavy atom. The van der Waals surface area contributed by atoms with Gasteiger partial charge in [-0.1, -0.05) is 12.1 Å². The predicted octanol–water partition coefficient (Wildman–Crippen LogP) is 2.03. The topological polar surface area (TPSA) is 60.9 Å². The number of pyridine rings is 2. The van der Waals surface area contributed by atoms with Gasteiger partial charge in [-0.25, -0.2) is 0 Å². The van der Waals surface area contributed by atoms with Crippen LogP contribution in [-0.4, -0.2) is 9.55 Å². The first-order valence-electron chi connectivity index (χ1n) is 6.02. The molecule has 4 nitrogen and oxygen atoms in total. The molecule has 94 valence electrons. The Morgan fingerprint density at radius 2 is 2.05 bits per heavy atom. The third-order valence-electron chi connectivity index (χ3n) is 3.07. The van der Waals surface area contributed by atoms with E-state index in [-0.39, 0.29) is 11.2 Å². The van der Waals surface area contributed by atoms with E-state index >= 15 is 0 Å². The van der Waals surface area contributed by atoms with Gasteiger partial charge in [0, 0.05) is 17.8 Å². The van der Waals surface area contributed by atoms with Crippen LogP contribution in [0.4, 0.5) is 5.69 Å². The van der Waals surface area contributed by atoms with E-state index in [0.29, 0.717) is 6.54 Å². The van der Waals surface area contributed by atoms with Crippen molar-refractivity contribution in [2.45, 2.75) is 6.54 Å². The number of anilines is 1. The zero-order valence-electron chi connectivity index (χ0n) is 10.3. The number of nitrogens with two attached hydrogens (primary N) is 1. The van der Waals surface area contributed by atoms with Crippen LogP contribution in [0.2, 0.25) is 0 Å². The van der Waals surface area contributed by atoms with Crippen LogP contribution in [0.1, 0.15) is 5.56 Å². The van der Waals surface area contributed by atoms with Gasteiger partial charge in [-0.2, -0.15) is 0 Å². The second kappa shape index (κ2) is 4.57. The molecular weight excluding hydrogens is 238 g/mol. The molecule has 4 heteroatoms. The third kappa shape index (κ3) is 2.20. The van der Waals surface area contributed by atoms with Crippen LogP contribution >= 0.6 is 0 Å². The van der Waals surface area contributed by atoms with Crippen molar-refractivity contribution in [2.75, 3.05) is 5.73 Å². The van der Waals surface area contributed by atoms with Crippen molar-refractivity contribution >= 4 is 16.6 Å². The Labute approximate surface area is 110 Å². The fourth-order valence-electron chi connectivity index (χ4n) is 2.10. The second-order valence-electron chi connectivity index (χ2n) is 4.43. The van der Waals surface area contributed by atoms with Gasteiger partial charge in [0.15, 0.2) is 0 Å². The Kier molecular flexibility index (Phi) is 2.76. The van der Waals surface area contributed by atoms with Crippen molar-refractivity contribution in [3.63, 3.8) is 0 Å². The normalized spacial score (nSPS) is 10.7. The van der Waals surface area contributed by atoms with Gasteiger partial charge in [0.1, 0.15) is 0 Å². The van der Waals surface area contributed by atoms with E-state index in [1.54, 1.807) is 29.1 Å². The minimum Gasteiger partial charge on any atom is -0.394 e. The Balaban J connectivity index is 2.01. The first kappa shape index (κ1) is 11.5. The van der Waals surface area contributed by atoms with Crippen LogP contribution in [0.5, 0.6) is 0 Å². The van der Waals surface area contributed by atoms with Gasteiger partial charge >= 0.3 is 0 Å². The second-order valence-corrected chi connectivity index (χ2v) is 4.43. The van der Waals surface area contributed by atoms with E-state index in [0.717, 1.165) is 16.5 Å². The minimum absolute atomic E-state index is 0.159. The molecule has 3 aromatic rings. The molecule has 0 unspecified atom stereocenters. The van der Waals surface area contributed by atoms with Crippen LogP contribution in [-0.2, 0) is 6.54 Å². The monoisotopic (exact) mass is 251 g/mol. The van der Waals surface area contributed by atoms with E-state index in [2.05, 4.69) is 4.98 Å². The first-order valence-corrected chi connectivity index (χ1v) is 6.02. The number of hydrogen-bond donors (Lipinski definition) is 1. The molecule has 0 atom stereocenters. The molecule has 0 radical (unpaired) electrons. The Hall–Kier alpha value is -2.62. The van der Waals surface area contributed by atoms with Crippen LogP contribution < -0.4 is 11.3 Å². The zero-order valence-corrected chi connectivity index (χ0v) is 10.3. The summed E-state index contributed by atoms with van der Waals surface area (Å²) < 4.78 is 1.60. The molecule has 2 N–H and O–H groups in total. The molecule has 0 spiro atoms. The lowest BCUT2D eigenvalue weighted by Crippen LogP contribution is -2.22. The summed E-state index contributed by atoms with van der Waals surface area (Å²) in [6.07, 6.45) is 3.51. The smallest absolute Gasteiger partial charge is 0.273 e. The molecule has 0 fully saturated rings. The number of aromatic nitrogens is 2. The fraction of sp³-hybridized carbons (Fsp3) is 0.0667. The van der Waals surface area contributed by atoms with Crippen LogP contribution in [0.25, 0.3) is 10.9 Å². The van der Waals surface area contributed by atoms with Gasteiger partial charge in [-0.15, -0.1) is 0 Å². The minimum atomic E-state index is -0.159. The molecule has 0 saturated heterocycles. The van der Waals surface area contributed by atoms with Gasteiger partial charge in [0.2, 0.25) is 0 Å². The summed E-state index contributed by atoms with van der Waals surface area (Å²) in [6, 6.07) is 13.3. The van der Waals surface area contributed by atoms with Crippen molar-refractivity contribution in [1.29, 1.82) is 0 Å². The molecule has 0 bridgehead atoms. The van der Waals surface area contributed by atoms with Gasteiger partial charge in [0.25, 0.3) is 5.56 Å². The number of fused-ring (bicyclic) bond motifs is 1. The molecule has 3 rings (SSSR count). The fourth-order valence-corrected chi connectivity index (χ4v) is 2.10. The molecule has 0 aliphatic rings. The quantitative estimate of drug-likeness (QED) is 0.758. The van der Waals surface area contributed by atoms with Crippen LogP contribution in [0, 0.1) is 0 Å². The van der Waals surface area contributed by atoms with Crippen molar-refractivity contribution in [2.24, 2.45) is 0 Å². The largest absolute Gasteiger partial charge is 0.394 e. The van der Waals surface area contributed by atoms with Crippen molar-refractivity contribution in [3.8, 4) is 0 Å². The highest BCUT2D eigenvalue weighted by Gasteiger charge is 2.02. The van der Waals surface area contributed by atoms with Gasteiger partial charge in [0.05, 0.1) is 17.7 Å². The lowest BCUT2D eigenvalue weighted by Gasteiger charge is -2.07. The highest BCUT2D eigenvalue weighted by molar-refractivity contribution is 5.78. The molecule has 2 heterocycles. The van der Waals surface area contributed by atoms with E-state index in [4.69, 9.17) is 5.73 Å². The lowest BCUT2D eigenvalue weighted by molar-refractivity contribution is 0.763. The molecule has 0 amide bonds. The average molecular weight is 251 g/mol. The number of benzene rings is 1.